The van der Waals surface area contributed by atoms with Gasteiger partial charge in [0, 0.05) is 7.05 Å². The molecule has 1 atom stereocenters. The molecule has 7 heteroatoms. The van der Waals surface area contributed by atoms with Crippen LogP contribution in [0.2, 0.25) is 5.02 Å². The number of anilines is 1. The molecule has 1 aliphatic carbocycles. The second-order valence-electron chi connectivity index (χ2n) is 7.57. The van der Waals surface area contributed by atoms with Gasteiger partial charge in [-0.1, -0.05) is 54.1 Å². The third kappa shape index (κ3) is 4.31. The number of aryl methyl sites for hydroxylation is 1. The third-order valence-corrected chi connectivity index (χ3v) is 7.75. The normalized spacial score (nSPS) is 15.7. The lowest BCUT2D eigenvalue weighted by molar-refractivity contribution is 0.0932. The van der Waals surface area contributed by atoms with Gasteiger partial charge in [-0.3, -0.25) is 9.10 Å². The lowest BCUT2D eigenvalue weighted by atomic mass is 9.87. The Bertz CT molecular complexity index is 1210. The summed E-state index contributed by atoms with van der Waals surface area (Å²) in [5.74, 6) is -0.383. The van der Waals surface area contributed by atoms with Gasteiger partial charge in [0.25, 0.3) is 15.9 Å². The summed E-state index contributed by atoms with van der Waals surface area (Å²) in [5.41, 5.74) is 3.01. The Morgan fingerprint density at radius 3 is 2.52 bits per heavy atom. The Labute approximate surface area is 187 Å². The van der Waals surface area contributed by atoms with Crippen molar-refractivity contribution in [1.82, 2.24) is 5.32 Å². The number of carbonyl (C=O) groups excluding carboxylic acids is 1. The number of fused-ring (bicyclic) bond motifs is 1. The fourth-order valence-corrected chi connectivity index (χ4v) is 5.34. The van der Waals surface area contributed by atoms with Crippen LogP contribution in [0.4, 0.5) is 5.69 Å². The average molecular weight is 455 g/mol. The van der Waals surface area contributed by atoms with Crippen molar-refractivity contribution in [3.63, 3.8) is 0 Å². The monoisotopic (exact) mass is 454 g/mol. The van der Waals surface area contributed by atoms with E-state index in [1.165, 1.54) is 35.1 Å². The second kappa shape index (κ2) is 8.73. The van der Waals surface area contributed by atoms with Crippen molar-refractivity contribution in [3.8, 4) is 0 Å². The molecule has 4 rings (SSSR count). The van der Waals surface area contributed by atoms with Gasteiger partial charge < -0.3 is 5.32 Å². The molecule has 0 spiro atoms. The lowest BCUT2D eigenvalue weighted by Gasteiger charge is -2.26. The predicted octanol–water partition coefficient (Wildman–Crippen LogP) is 4.97. The number of nitrogens with one attached hydrogen (secondary N) is 1. The molecular formula is C24H23ClN2O3S. The number of amides is 1. The molecule has 5 nitrogen and oxygen atoms in total. The SMILES string of the molecule is CN(c1ccccc1)S(=O)(=O)c1ccc(Cl)c(C(=O)N[C@@H]2CCCc3ccccc32)c1. The number of para-hydroxylation sites is 1. The maximum absolute atomic E-state index is 13.1. The number of sulfonamides is 1. The van der Waals surface area contributed by atoms with E-state index >= 15 is 0 Å². The molecule has 0 aliphatic heterocycles. The maximum Gasteiger partial charge on any atom is 0.264 e. The van der Waals surface area contributed by atoms with E-state index in [9.17, 15) is 13.2 Å². The minimum atomic E-state index is -3.85. The molecule has 0 aromatic heterocycles. The van der Waals surface area contributed by atoms with Crippen LogP contribution in [-0.2, 0) is 16.4 Å². The summed E-state index contributed by atoms with van der Waals surface area (Å²) < 4.78 is 27.4. The minimum Gasteiger partial charge on any atom is -0.345 e. The van der Waals surface area contributed by atoms with Crippen molar-refractivity contribution in [2.45, 2.75) is 30.2 Å². The van der Waals surface area contributed by atoms with Crippen LogP contribution in [0.1, 0.15) is 40.4 Å². The van der Waals surface area contributed by atoms with Crippen molar-refractivity contribution in [1.29, 1.82) is 0 Å². The Hall–Kier alpha value is -2.83. The molecule has 1 aliphatic rings. The quantitative estimate of drug-likeness (QED) is 0.591. The van der Waals surface area contributed by atoms with Gasteiger partial charge in [-0.25, -0.2) is 8.42 Å². The van der Waals surface area contributed by atoms with Crippen LogP contribution >= 0.6 is 11.6 Å². The first-order chi connectivity index (χ1) is 14.9. The summed E-state index contributed by atoms with van der Waals surface area (Å²) in [7, 11) is -2.37. The number of hydrogen-bond donors (Lipinski definition) is 1. The predicted molar refractivity (Wildman–Crippen MR) is 123 cm³/mol. The molecule has 3 aromatic carbocycles. The van der Waals surface area contributed by atoms with E-state index in [-0.39, 0.29) is 27.4 Å². The number of carbonyl (C=O) groups is 1. The van der Waals surface area contributed by atoms with E-state index in [0.717, 1.165) is 24.8 Å². The molecule has 0 fully saturated rings. The highest BCUT2D eigenvalue weighted by atomic mass is 35.5. The van der Waals surface area contributed by atoms with Gasteiger partial charge in [-0.15, -0.1) is 0 Å². The molecule has 0 saturated carbocycles. The molecule has 0 bridgehead atoms. The third-order valence-electron chi connectivity index (χ3n) is 5.64. The second-order valence-corrected chi connectivity index (χ2v) is 9.94. The molecule has 3 aromatic rings. The first-order valence-corrected chi connectivity index (χ1v) is 11.9. The van der Waals surface area contributed by atoms with Crippen molar-refractivity contribution >= 4 is 33.2 Å². The molecule has 1 amide bonds. The van der Waals surface area contributed by atoms with Crippen molar-refractivity contribution in [2.75, 3.05) is 11.4 Å². The summed E-state index contributed by atoms with van der Waals surface area (Å²) in [4.78, 5) is 13.1. The molecule has 1 N–H and O–H groups in total. The molecular weight excluding hydrogens is 432 g/mol. The first-order valence-electron chi connectivity index (χ1n) is 10.1. The van der Waals surface area contributed by atoms with Crippen molar-refractivity contribution in [2.24, 2.45) is 0 Å². The zero-order valence-corrected chi connectivity index (χ0v) is 18.7. The van der Waals surface area contributed by atoms with Crippen molar-refractivity contribution in [3.05, 3.63) is 94.5 Å². The summed E-state index contributed by atoms with van der Waals surface area (Å²) in [6.07, 6.45) is 2.80. The summed E-state index contributed by atoms with van der Waals surface area (Å²) in [5, 5.41) is 3.25. The van der Waals surface area contributed by atoms with Gasteiger partial charge in [0.05, 0.1) is 27.2 Å². The van der Waals surface area contributed by atoms with Gasteiger partial charge in [0.15, 0.2) is 0 Å². The van der Waals surface area contributed by atoms with Gasteiger partial charge in [-0.05, 0) is 60.7 Å². The van der Waals surface area contributed by atoms with Crippen LogP contribution in [0.5, 0.6) is 0 Å². The number of halogens is 1. The number of benzene rings is 3. The van der Waals surface area contributed by atoms with Crippen LogP contribution < -0.4 is 9.62 Å². The largest absolute Gasteiger partial charge is 0.345 e. The minimum absolute atomic E-state index is 0.0115. The van der Waals surface area contributed by atoms with Crippen LogP contribution in [0.15, 0.2) is 77.7 Å². The highest BCUT2D eigenvalue weighted by molar-refractivity contribution is 7.92. The van der Waals surface area contributed by atoms with E-state index < -0.39 is 10.0 Å². The lowest BCUT2D eigenvalue weighted by Crippen LogP contribution is -2.31. The summed E-state index contributed by atoms with van der Waals surface area (Å²) >= 11 is 6.29. The van der Waals surface area contributed by atoms with Gasteiger partial charge in [-0.2, -0.15) is 0 Å². The van der Waals surface area contributed by atoms with Gasteiger partial charge in [0.2, 0.25) is 0 Å². The van der Waals surface area contributed by atoms with Crippen LogP contribution in [0, 0.1) is 0 Å². The zero-order chi connectivity index (χ0) is 22.0. The first kappa shape index (κ1) is 21.4. The number of hydrogen-bond acceptors (Lipinski definition) is 3. The fraction of sp³-hybridized carbons (Fsp3) is 0.208. The molecule has 160 valence electrons. The van der Waals surface area contributed by atoms with Gasteiger partial charge in [0.1, 0.15) is 0 Å². The highest BCUT2D eigenvalue weighted by Gasteiger charge is 2.26. The maximum atomic E-state index is 13.1. The zero-order valence-electron chi connectivity index (χ0n) is 17.1. The smallest absolute Gasteiger partial charge is 0.264 e. The number of rotatable bonds is 5. The molecule has 0 unspecified atom stereocenters. The topological polar surface area (TPSA) is 66.5 Å². The Morgan fingerprint density at radius 1 is 1.03 bits per heavy atom. The number of nitrogens with zero attached hydrogens (tertiary/aromatic N) is 1. The highest BCUT2D eigenvalue weighted by Crippen LogP contribution is 2.31. The van der Waals surface area contributed by atoms with Crippen LogP contribution in [-0.4, -0.2) is 21.4 Å². The standard InChI is InChI=1S/C24H23ClN2O3S/c1-27(18-10-3-2-4-11-18)31(29,30)19-14-15-22(25)21(16-19)24(28)26-23-13-7-9-17-8-5-6-12-20(17)23/h2-6,8,10-12,14-16,23H,7,9,13H2,1H3,(H,26,28)/t23-/m1/s1. The molecule has 0 radical (unpaired) electrons. The van der Waals surface area contributed by atoms with Crippen LogP contribution in [0.25, 0.3) is 0 Å². The van der Waals surface area contributed by atoms with E-state index in [0.29, 0.717) is 5.69 Å². The van der Waals surface area contributed by atoms with E-state index in [1.54, 1.807) is 24.3 Å². The van der Waals surface area contributed by atoms with E-state index in [1.807, 2.05) is 24.3 Å². The van der Waals surface area contributed by atoms with E-state index in [4.69, 9.17) is 11.6 Å². The Kier molecular flexibility index (Phi) is 6.03. The summed E-state index contributed by atoms with van der Waals surface area (Å²) in [6, 6.07) is 20.9. The van der Waals surface area contributed by atoms with E-state index in [2.05, 4.69) is 11.4 Å². The Balaban J connectivity index is 1.62. The summed E-state index contributed by atoms with van der Waals surface area (Å²) in [6.45, 7) is 0. The fourth-order valence-electron chi connectivity index (χ4n) is 3.91. The van der Waals surface area contributed by atoms with Crippen LogP contribution in [0.3, 0.4) is 0 Å². The molecule has 31 heavy (non-hydrogen) atoms. The van der Waals surface area contributed by atoms with Crippen molar-refractivity contribution < 1.29 is 13.2 Å². The Morgan fingerprint density at radius 2 is 1.74 bits per heavy atom. The molecule has 0 heterocycles. The molecule has 0 saturated heterocycles. The van der Waals surface area contributed by atoms with Gasteiger partial charge >= 0.3 is 0 Å². The average Bonchev–Trinajstić information content (AvgIpc) is 2.79.